The summed E-state index contributed by atoms with van der Waals surface area (Å²) in [5.41, 5.74) is 2.09. The molecule has 0 saturated heterocycles. The van der Waals surface area contributed by atoms with E-state index < -0.39 is 21.8 Å². The molecule has 1 atom stereocenters. The van der Waals surface area contributed by atoms with Crippen LogP contribution in [0.1, 0.15) is 39.7 Å². The molecule has 2 aromatic heterocycles. The van der Waals surface area contributed by atoms with E-state index in [0.717, 1.165) is 5.56 Å². The second-order valence-corrected chi connectivity index (χ2v) is 10.1. The van der Waals surface area contributed by atoms with Crippen molar-refractivity contribution in [2.45, 2.75) is 36.9 Å². The van der Waals surface area contributed by atoms with Crippen molar-refractivity contribution < 1.29 is 18.0 Å². The Kier molecular flexibility index (Phi) is 4.81. The number of nitrogens with one attached hydrogen (secondary N) is 2. The van der Waals surface area contributed by atoms with Gasteiger partial charge >= 0.3 is 0 Å². The van der Waals surface area contributed by atoms with Gasteiger partial charge in [-0.25, -0.2) is 13.1 Å². The van der Waals surface area contributed by atoms with Gasteiger partial charge < -0.3 is 10.3 Å². The van der Waals surface area contributed by atoms with Crippen LogP contribution < -0.4 is 10.2 Å². The Labute approximate surface area is 183 Å². The molecule has 2 aliphatic heterocycles. The van der Waals surface area contributed by atoms with Crippen molar-refractivity contribution in [3.63, 3.8) is 0 Å². The number of carbonyl (C=O) groups excluding carboxylic acids is 2. The van der Waals surface area contributed by atoms with Crippen molar-refractivity contribution in [2.24, 2.45) is 0 Å². The molecule has 4 heterocycles. The Morgan fingerprint density at radius 3 is 2.78 bits per heavy atom. The lowest BCUT2D eigenvalue weighted by Crippen LogP contribution is -2.47. The van der Waals surface area contributed by atoms with Gasteiger partial charge in [0, 0.05) is 25.6 Å². The van der Waals surface area contributed by atoms with E-state index in [4.69, 9.17) is 0 Å². The summed E-state index contributed by atoms with van der Waals surface area (Å²) in [7, 11) is -1.67. The summed E-state index contributed by atoms with van der Waals surface area (Å²) in [6.07, 6.45) is 0.821. The lowest BCUT2D eigenvalue weighted by Gasteiger charge is -2.21. The van der Waals surface area contributed by atoms with Crippen molar-refractivity contribution in [2.75, 3.05) is 11.9 Å². The number of carbonyl (C=O) groups is 2. The fraction of sp³-hybridized carbons (Fsp3) is 0.350. The van der Waals surface area contributed by atoms with Crippen LogP contribution in [-0.4, -0.2) is 58.3 Å². The number of likely N-dealkylation sites (N-methyl/N-ethyl adjacent to an activating group) is 1. The minimum atomic E-state index is -3.24. The average molecular weight is 456 g/mol. The summed E-state index contributed by atoms with van der Waals surface area (Å²) in [4.78, 5) is 30.0. The number of H-pyrrole nitrogens is 1. The molecule has 0 bridgehead atoms. The third-order valence-corrected chi connectivity index (χ3v) is 7.11. The van der Waals surface area contributed by atoms with Gasteiger partial charge in [-0.2, -0.15) is 5.10 Å². The van der Waals surface area contributed by atoms with Gasteiger partial charge in [-0.3, -0.25) is 14.5 Å². The van der Waals surface area contributed by atoms with Gasteiger partial charge in [-0.1, -0.05) is 30.3 Å². The van der Waals surface area contributed by atoms with Crippen LogP contribution in [0.2, 0.25) is 0 Å². The maximum atomic E-state index is 13.1. The number of anilines is 1. The number of sulfone groups is 1. The van der Waals surface area contributed by atoms with E-state index in [1.54, 1.807) is 11.7 Å². The number of fused-ring (bicyclic) bond motifs is 3. The maximum absolute atomic E-state index is 13.1. The predicted octanol–water partition coefficient (Wildman–Crippen LogP) is 0.186. The van der Waals surface area contributed by atoms with Gasteiger partial charge in [0.25, 0.3) is 11.8 Å². The molecule has 1 aromatic carbocycles. The molecule has 0 saturated carbocycles. The molecule has 5 rings (SSSR count). The van der Waals surface area contributed by atoms with E-state index in [2.05, 4.69) is 25.6 Å². The van der Waals surface area contributed by atoms with Crippen molar-refractivity contribution in [3.8, 4) is 0 Å². The Bertz CT molecular complexity index is 1310. The molecular weight excluding hydrogens is 434 g/mol. The molecule has 11 nitrogen and oxygen atoms in total. The number of nitrogens with zero attached hydrogens (tertiary/aromatic N) is 5. The zero-order chi connectivity index (χ0) is 22.5. The molecule has 3 aromatic rings. The molecule has 1 unspecified atom stereocenters. The largest absolute Gasteiger partial charge is 0.337 e. The van der Waals surface area contributed by atoms with Gasteiger partial charge in [-0.15, -0.1) is 10.2 Å². The van der Waals surface area contributed by atoms with Crippen molar-refractivity contribution in [1.82, 2.24) is 30.3 Å². The summed E-state index contributed by atoms with van der Waals surface area (Å²) < 4.78 is 25.6. The predicted molar refractivity (Wildman–Crippen MR) is 113 cm³/mol. The van der Waals surface area contributed by atoms with Crippen LogP contribution >= 0.6 is 0 Å². The van der Waals surface area contributed by atoms with E-state index >= 15 is 0 Å². The first-order valence-electron chi connectivity index (χ1n) is 10.1. The summed E-state index contributed by atoms with van der Waals surface area (Å²) in [5, 5.41) is 15.0. The normalized spacial score (nSPS) is 19.3. The Morgan fingerprint density at radius 2 is 2.00 bits per heavy atom. The average Bonchev–Trinajstić information content (AvgIpc) is 3.40. The van der Waals surface area contributed by atoms with E-state index in [9.17, 15) is 18.0 Å². The number of hydrogen-bond donors (Lipinski definition) is 2. The number of rotatable bonds is 4. The molecule has 0 spiro atoms. The summed E-state index contributed by atoms with van der Waals surface area (Å²) >= 11 is 0. The number of aromatic nitrogens is 5. The molecular formula is C20H21N7O4S. The van der Waals surface area contributed by atoms with Crippen molar-refractivity contribution in [3.05, 3.63) is 58.8 Å². The lowest BCUT2D eigenvalue weighted by molar-refractivity contribution is -0.120. The number of hydrogen-bond acceptors (Lipinski definition) is 7. The summed E-state index contributed by atoms with van der Waals surface area (Å²) in [6.45, 7) is 0.374. The molecule has 2 N–H and O–H groups in total. The van der Waals surface area contributed by atoms with E-state index in [0.29, 0.717) is 42.3 Å². The second-order valence-electron chi connectivity index (χ2n) is 8.00. The third kappa shape index (κ3) is 3.66. The molecule has 0 radical (unpaired) electrons. The number of aromatic amines is 1. The topological polar surface area (TPSA) is 143 Å². The van der Waals surface area contributed by atoms with E-state index in [-0.39, 0.29) is 23.2 Å². The van der Waals surface area contributed by atoms with Crippen molar-refractivity contribution in [1.29, 1.82) is 0 Å². The first-order chi connectivity index (χ1) is 15.3. The highest BCUT2D eigenvalue weighted by atomic mass is 32.2. The summed E-state index contributed by atoms with van der Waals surface area (Å²) in [5.74, 6) is -0.0600. The third-order valence-electron chi connectivity index (χ3n) is 5.67. The van der Waals surface area contributed by atoms with Crippen LogP contribution in [0.3, 0.4) is 0 Å². The fourth-order valence-corrected chi connectivity index (χ4v) is 5.64. The molecule has 12 heteroatoms. The van der Waals surface area contributed by atoms with Crippen LogP contribution in [0.5, 0.6) is 0 Å². The smallest absolute Gasteiger partial charge is 0.289 e. The van der Waals surface area contributed by atoms with Crippen molar-refractivity contribution >= 4 is 27.5 Å². The van der Waals surface area contributed by atoms with Gasteiger partial charge in [0.1, 0.15) is 17.7 Å². The molecule has 0 fully saturated rings. The van der Waals surface area contributed by atoms with Crippen LogP contribution in [0.4, 0.5) is 5.82 Å². The maximum Gasteiger partial charge on any atom is 0.289 e. The van der Waals surface area contributed by atoms with Crippen LogP contribution in [0.15, 0.2) is 30.3 Å². The standard InChI is InChI=1S/C20H21N7O4S/c1-26-19-13-10-32(30,31)11-15(13)25-27(19)8-7-14(20(26)29)21-18(28)17-22-16(23-24-17)9-12-5-3-2-4-6-12/h2-6,14H,7-11H2,1H3,(H,21,28)(H,22,23,24). The Hall–Kier alpha value is -3.54. The molecule has 2 amide bonds. The zero-order valence-corrected chi connectivity index (χ0v) is 18.1. The first-order valence-corrected chi connectivity index (χ1v) is 12.0. The van der Waals surface area contributed by atoms with Gasteiger partial charge in [-0.05, 0) is 12.0 Å². The number of aryl methyl sites for hydroxylation is 1. The fourth-order valence-electron chi connectivity index (χ4n) is 4.15. The highest BCUT2D eigenvalue weighted by molar-refractivity contribution is 7.90. The SMILES string of the molecule is CN1C(=O)C(NC(=O)c2nnc(Cc3ccccc3)[nH]2)CCn2nc3c(c21)CS(=O)(=O)C3. The van der Waals surface area contributed by atoms with Crippen LogP contribution in [0, 0.1) is 0 Å². The number of benzene rings is 1. The zero-order valence-electron chi connectivity index (χ0n) is 17.3. The van der Waals surface area contributed by atoms with Gasteiger partial charge in [0.05, 0.1) is 17.2 Å². The van der Waals surface area contributed by atoms with E-state index in [1.165, 1.54) is 4.90 Å². The molecule has 0 aliphatic carbocycles. The molecule has 2 aliphatic rings. The molecule has 32 heavy (non-hydrogen) atoms. The first kappa shape index (κ1) is 20.4. The minimum Gasteiger partial charge on any atom is -0.337 e. The summed E-state index contributed by atoms with van der Waals surface area (Å²) in [6, 6.07) is 8.86. The highest BCUT2D eigenvalue weighted by Gasteiger charge is 2.38. The Morgan fingerprint density at radius 1 is 1.22 bits per heavy atom. The monoisotopic (exact) mass is 455 g/mol. The van der Waals surface area contributed by atoms with E-state index in [1.807, 2.05) is 30.3 Å². The minimum absolute atomic E-state index is 0.0281. The Balaban J connectivity index is 1.30. The second kappa shape index (κ2) is 7.55. The van der Waals surface area contributed by atoms with Gasteiger partial charge in [0.2, 0.25) is 5.82 Å². The van der Waals surface area contributed by atoms with Gasteiger partial charge in [0.15, 0.2) is 9.84 Å². The highest BCUT2D eigenvalue weighted by Crippen LogP contribution is 2.34. The quantitative estimate of drug-likeness (QED) is 0.571. The van der Waals surface area contributed by atoms with Crippen LogP contribution in [-0.2, 0) is 39.1 Å². The lowest BCUT2D eigenvalue weighted by atomic mass is 10.1. The van der Waals surface area contributed by atoms with Crippen LogP contribution in [0.25, 0.3) is 0 Å². The molecule has 166 valence electrons. The number of amides is 2.